The Balaban J connectivity index is 1.59. The van der Waals surface area contributed by atoms with Crippen molar-refractivity contribution in [2.24, 2.45) is 0 Å². The van der Waals surface area contributed by atoms with E-state index >= 15 is 0 Å². The zero-order valence-electron chi connectivity index (χ0n) is 13.9. The van der Waals surface area contributed by atoms with Crippen LogP contribution in [-0.4, -0.2) is 27.0 Å². The Labute approximate surface area is 150 Å². The number of aromatic nitrogens is 2. The van der Waals surface area contributed by atoms with Gasteiger partial charge >= 0.3 is 5.97 Å². The zero-order chi connectivity index (χ0) is 18.4. The highest BCUT2D eigenvalue weighted by Crippen LogP contribution is 2.21. The van der Waals surface area contributed by atoms with Crippen molar-refractivity contribution >= 4 is 17.6 Å². The highest BCUT2D eigenvalue weighted by atomic mass is 16.4. The van der Waals surface area contributed by atoms with Crippen molar-refractivity contribution in [1.82, 2.24) is 9.97 Å². The van der Waals surface area contributed by atoms with Crippen LogP contribution in [0.4, 0.5) is 5.69 Å². The van der Waals surface area contributed by atoms with Crippen molar-refractivity contribution in [1.29, 1.82) is 0 Å². The first-order valence-corrected chi connectivity index (χ1v) is 8.09. The highest BCUT2D eigenvalue weighted by molar-refractivity contribution is 5.91. The van der Waals surface area contributed by atoms with Crippen LogP contribution in [0.5, 0.6) is 0 Å². The molecule has 0 atom stereocenters. The third kappa shape index (κ3) is 4.51. The van der Waals surface area contributed by atoms with Gasteiger partial charge in [-0.2, -0.15) is 0 Å². The first kappa shape index (κ1) is 17.3. The summed E-state index contributed by atoms with van der Waals surface area (Å²) in [5.74, 6) is -1.06. The molecule has 0 fully saturated rings. The fraction of sp³-hybridized carbons (Fsp3) is 0.100. The largest absolute Gasteiger partial charge is 0.478 e. The summed E-state index contributed by atoms with van der Waals surface area (Å²) >= 11 is 0. The molecular formula is C20H17N3O3. The van der Waals surface area contributed by atoms with Crippen molar-refractivity contribution in [3.8, 4) is 11.1 Å². The van der Waals surface area contributed by atoms with Gasteiger partial charge in [0.1, 0.15) is 6.33 Å². The third-order valence-electron chi connectivity index (χ3n) is 3.88. The van der Waals surface area contributed by atoms with E-state index in [1.54, 1.807) is 36.7 Å². The summed E-state index contributed by atoms with van der Waals surface area (Å²) < 4.78 is 0. The van der Waals surface area contributed by atoms with Crippen LogP contribution in [0.25, 0.3) is 11.1 Å². The Bertz CT molecular complexity index is 909. The molecule has 0 unspecified atom stereocenters. The van der Waals surface area contributed by atoms with Crippen molar-refractivity contribution in [3.63, 3.8) is 0 Å². The van der Waals surface area contributed by atoms with E-state index < -0.39 is 5.97 Å². The minimum Gasteiger partial charge on any atom is -0.478 e. The van der Waals surface area contributed by atoms with Gasteiger partial charge < -0.3 is 10.4 Å². The number of carbonyl (C=O) groups excluding carboxylic acids is 1. The number of anilines is 1. The monoisotopic (exact) mass is 347 g/mol. The molecular weight excluding hydrogens is 330 g/mol. The number of carbonyl (C=O) groups is 2. The first-order valence-electron chi connectivity index (χ1n) is 8.09. The molecule has 2 aromatic carbocycles. The average Bonchev–Trinajstić information content (AvgIpc) is 2.67. The minimum atomic E-state index is -0.960. The van der Waals surface area contributed by atoms with E-state index in [2.05, 4.69) is 15.3 Å². The Morgan fingerprint density at radius 3 is 2.38 bits per heavy atom. The number of hydrogen-bond donors (Lipinski definition) is 2. The zero-order valence-corrected chi connectivity index (χ0v) is 13.9. The van der Waals surface area contributed by atoms with Crippen LogP contribution in [-0.2, 0) is 11.2 Å². The van der Waals surface area contributed by atoms with E-state index in [1.807, 2.05) is 24.3 Å². The van der Waals surface area contributed by atoms with E-state index in [1.165, 1.54) is 6.33 Å². The van der Waals surface area contributed by atoms with Crippen LogP contribution in [0.1, 0.15) is 22.3 Å². The summed E-state index contributed by atoms with van der Waals surface area (Å²) in [5, 5.41) is 11.8. The van der Waals surface area contributed by atoms with Crippen molar-refractivity contribution in [2.45, 2.75) is 12.8 Å². The second kappa shape index (κ2) is 8.02. The topological polar surface area (TPSA) is 92.2 Å². The van der Waals surface area contributed by atoms with Gasteiger partial charge in [0.2, 0.25) is 5.91 Å². The van der Waals surface area contributed by atoms with E-state index in [0.29, 0.717) is 18.5 Å². The van der Waals surface area contributed by atoms with E-state index in [9.17, 15) is 9.59 Å². The van der Waals surface area contributed by atoms with Crippen LogP contribution >= 0.6 is 0 Å². The lowest BCUT2D eigenvalue weighted by atomic mass is 10.1. The van der Waals surface area contributed by atoms with Gasteiger partial charge in [-0.15, -0.1) is 0 Å². The number of amides is 1. The lowest BCUT2D eigenvalue weighted by Crippen LogP contribution is -2.12. The van der Waals surface area contributed by atoms with Crippen molar-refractivity contribution in [3.05, 3.63) is 78.4 Å². The first-order chi connectivity index (χ1) is 12.6. The molecule has 0 radical (unpaired) electrons. The number of nitrogens with one attached hydrogen (secondary N) is 1. The summed E-state index contributed by atoms with van der Waals surface area (Å²) in [5.41, 5.74) is 3.66. The molecule has 2 N–H and O–H groups in total. The number of nitrogens with zero attached hydrogens (tertiary/aromatic N) is 2. The van der Waals surface area contributed by atoms with Gasteiger partial charge in [0, 0.05) is 30.1 Å². The van der Waals surface area contributed by atoms with Crippen LogP contribution < -0.4 is 5.32 Å². The predicted octanol–water partition coefficient (Wildman–Crippen LogP) is 3.41. The lowest BCUT2D eigenvalue weighted by molar-refractivity contribution is -0.116. The standard InChI is InChI=1S/C20H17N3O3/c24-19(9-6-14-4-7-15(8-5-14)20(25)26)23-18-3-1-2-16(10-18)17-11-21-13-22-12-17/h1-5,7-8,10-13H,6,9H2,(H,23,24)(H,25,26). The van der Waals surface area contributed by atoms with Gasteiger partial charge in [-0.05, 0) is 41.8 Å². The number of carboxylic acid groups (broad SMARTS) is 1. The molecule has 6 heteroatoms. The summed E-state index contributed by atoms with van der Waals surface area (Å²) in [4.78, 5) is 31.0. The Kier molecular flexibility index (Phi) is 5.34. The van der Waals surface area contributed by atoms with E-state index in [4.69, 9.17) is 5.11 Å². The maximum absolute atomic E-state index is 12.2. The van der Waals surface area contributed by atoms with Gasteiger partial charge in [0.05, 0.1) is 5.56 Å². The minimum absolute atomic E-state index is 0.103. The fourth-order valence-electron chi connectivity index (χ4n) is 2.52. The molecule has 26 heavy (non-hydrogen) atoms. The summed E-state index contributed by atoms with van der Waals surface area (Å²) in [6, 6.07) is 14.0. The number of rotatable bonds is 6. The van der Waals surface area contributed by atoms with E-state index in [0.717, 1.165) is 16.7 Å². The quantitative estimate of drug-likeness (QED) is 0.713. The highest BCUT2D eigenvalue weighted by Gasteiger charge is 2.06. The third-order valence-corrected chi connectivity index (χ3v) is 3.88. The Hall–Kier alpha value is -3.54. The number of aromatic carboxylic acids is 1. The molecule has 1 heterocycles. The molecule has 130 valence electrons. The fourth-order valence-corrected chi connectivity index (χ4v) is 2.52. The molecule has 0 saturated heterocycles. The number of aryl methyl sites for hydroxylation is 1. The second-order valence-corrected chi connectivity index (χ2v) is 5.76. The predicted molar refractivity (Wildman–Crippen MR) is 97.8 cm³/mol. The number of hydrogen-bond acceptors (Lipinski definition) is 4. The molecule has 0 saturated carbocycles. The van der Waals surface area contributed by atoms with E-state index in [-0.39, 0.29) is 11.5 Å². The van der Waals surface area contributed by atoms with Crippen molar-refractivity contribution in [2.75, 3.05) is 5.32 Å². The SMILES string of the molecule is O=C(CCc1ccc(C(=O)O)cc1)Nc1cccc(-c2cncnc2)c1. The summed E-state index contributed by atoms with van der Waals surface area (Å²) in [7, 11) is 0. The van der Waals surface area contributed by atoms with Crippen LogP contribution in [0.15, 0.2) is 67.3 Å². The Morgan fingerprint density at radius 1 is 0.962 bits per heavy atom. The van der Waals surface area contributed by atoms with Gasteiger partial charge in [-0.25, -0.2) is 14.8 Å². The summed E-state index contributed by atoms with van der Waals surface area (Å²) in [6.45, 7) is 0. The molecule has 1 aromatic heterocycles. The lowest BCUT2D eigenvalue weighted by Gasteiger charge is -2.08. The van der Waals surface area contributed by atoms with Crippen LogP contribution in [0, 0.1) is 0 Å². The normalized spacial score (nSPS) is 10.3. The maximum Gasteiger partial charge on any atom is 0.335 e. The van der Waals surface area contributed by atoms with Crippen LogP contribution in [0.2, 0.25) is 0 Å². The van der Waals surface area contributed by atoms with Gasteiger partial charge in [-0.1, -0.05) is 24.3 Å². The molecule has 1 amide bonds. The number of carboxylic acids is 1. The Morgan fingerprint density at radius 2 is 1.69 bits per heavy atom. The van der Waals surface area contributed by atoms with Crippen molar-refractivity contribution < 1.29 is 14.7 Å². The molecule has 0 spiro atoms. The molecule has 0 aliphatic carbocycles. The molecule has 0 bridgehead atoms. The molecule has 6 nitrogen and oxygen atoms in total. The molecule has 0 aliphatic heterocycles. The smallest absolute Gasteiger partial charge is 0.335 e. The summed E-state index contributed by atoms with van der Waals surface area (Å²) in [6.07, 6.45) is 5.75. The molecule has 3 aromatic rings. The van der Waals surface area contributed by atoms with Gasteiger partial charge in [-0.3, -0.25) is 4.79 Å². The van der Waals surface area contributed by atoms with Gasteiger partial charge in [0.25, 0.3) is 0 Å². The molecule has 3 rings (SSSR count). The second-order valence-electron chi connectivity index (χ2n) is 5.76. The number of benzene rings is 2. The maximum atomic E-state index is 12.2. The van der Waals surface area contributed by atoms with Crippen LogP contribution in [0.3, 0.4) is 0 Å². The average molecular weight is 347 g/mol. The molecule has 0 aliphatic rings. The van der Waals surface area contributed by atoms with Gasteiger partial charge in [0.15, 0.2) is 0 Å².